The fraction of sp³-hybridized carbons (Fsp3) is 0.565. The molecule has 4 heteroatoms. The molecule has 1 aromatic rings. The summed E-state index contributed by atoms with van der Waals surface area (Å²) in [5, 5.41) is 14.4. The van der Waals surface area contributed by atoms with Gasteiger partial charge < -0.3 is 20.9 Å². The van der Waals surface area contributed by atoms with Crippen LogP contribution in [0.15, 0.2) is 36.6 Å². The van der Waals surface area contributed by atoms with Gasteiger partial charge in [-0.15, -0.1) is 0 Å². The summed E-state index contributed by atoms with van der Waals surface area (Å²) in [5.74, 6) is 2.21. The molecule has 1 heterocycles. The van der Waals surface area contributed by atoms with E-state index in [2.05, 4.69) is 30.1 Å². The zero-order valence-electron chi connectivity index (χ0n) is 15.9. The third kappa shape index (κ3) is 2.43. The second-order valence-electron chi connectivity index (χ2n) is 8.74. The Balaban J connectivity index is 1.51. The number of phenolic OH excluding ortho intramolecular Hbond substituents is 1. The van der Waals surface area contributed by atoms with E-state index in [1.165, 1.54) is 16.7 Å². The topological polar surface area (TPSA) is 67.5 Å². The molecule has 2 bridgehead atoms. The maximum absolute atomic E-state index is 10.6. The summed E-state index contributed by atoms with van der Waals surface area (Å²) in [5.41, 5.74) is 9.76. The van der Waals surface area contributed by atoms with Crippen molar-refractivity contribution in [3.8, 4) is 5.75 Å². The Morgan fingerprint density at radius 2 is 2.19 bits per heavy atom. The van der Waals surface area contributed by atoms with Crippen LogP contribution in [0.1, 0.15) is 42.4 Å². The van der Waals surface area contributed by atoms with Gasteiger partial charge in [0.05, 0.1) is 5.76 Å². The van der Waals surface area contributed by atoms with Crippen molar-refractivity contribution < 1.29 is 9.84 Å². The number of phenols is 1. The minimum absolute atomic E-state index is 0.0446. The van der Waals surface area contributed by atoms with Crippen LogP contribution in [0, 0.1) is 11.8 Å². The fourth-order valence-corrected chi connectivity index (χ4v) is 6.42. The van der Waals surface area contributed by atoms with E-state index in [1.54, 1.807) is 0 Å². The second-order valence-corrected chi connectivity index (χ2v) is 8.74. The van der Waals surface area contributed by atoms with Crippen LogP contribution in [0.4, 0.5) is 0 Å². The van der Waals surface area contributed by atoms with Gasteiger partial charge in [0.15, 0.2) is 0 Å². The molecular formula is C23H30N2O2. The van der Waals surface area contributed by atoms with Gasteiger partial charge in [-0.25, -0.2) is 0 Å². The van der Waals surface area contributed by atoms with E-state index in [-0.39, 0.29) is 11.5 Å². The molecule has 0 saturated carbocycles. The molecule has 4 nitrogen and oxygen atoms in total. The average molecular weight is 367 g/mol. The van der Waals surface area contributed by atoms with Gasteiger partial charge in [0.2, 0.25) is 0 Å². The van der Waals surface area contributed by atoms with Crippen molar-refractivity contribution in [2.24, 2.45) is 17.6 Å². The molecule has 4 aliphatic rings. The summed E-state index contributed by atoms with van der Waals surface area (Å²) in [6.07, 6.45) is 10.7. The van der Waals surface area contributed by atoms with Crippen LogP contribution >= 0.6 is 0 Å². The van der Waals surface area contributed by atoms with E-state index in [1.807, 2.05) is 6.07 Å². The average Bonchev–Trinajstić information content (AvgIpc) is 3.00. The number of rotatable bonds is 6. The molecule has 27 heavy (non-hydrogen) atoms. The number of allylic oxidation sites excluding steroid dienone is 1. The third-order valence-corrected chi connectivity index (χ3v) is 7.46. The molecule has 4 N–H and O–H groups in total. The van der Waals surface area contributed by atoms with E-state index in [0.29, 0.717) is 23.6 Å². The van der Waals surface area contributed by atoms with Gasteiger partial charge in [-0.05, 0) is 74.0 Å². The molecule has 1 aliphatic heterocycles. The van der Waals surface area contributed by atoms with Crippen LogP contribution in [0.25, 0.3) is 0 Å². The van der Waals surface area contributed by atoms with E-state index in [0.717, 1.165) is 57.4 Å². The molecule has 0 amide bonds. The highest BCUT2D eigenvalue weighted by atomic mass is 16.5. The first kappa shape index (κ1) is 17.3. The molecule has 1 spiro atoms. The van der Waals surface area contributed by atoms with E-state index in [4.69, 9.17) is 10.5 Å². The molecule has 5 atom stereocenters. The highest BCUT2D eigenvalue weighted by Crippen LogP contribution is 2.61. The van der Waals surface area contributed by atoms with Gasteiger partial charge in [-0.1, -0.05) is 18.7 Å². The van der Waals surface area contributed by atoms with Crippen molar-refractivity contribution in [1.82, 2.24) is 5.32 Å². The van der Waals surface area contributed by atoms with Crippen LogP contribution in [0.2, 0.25) is 0 Å². The normalized spacial score (nSPS) is 35.0. The van der Waals surface area contributed by atoms with Gasteiger partial charge in [-0.3, -0.25) is 0 Å². The maximum Gasteiger partial charge on any atom is 0.120 e. The smallest absolute Gasteiger partial charge is 0.120 e. The predicted octanol–water partition coefficient (Wildman–Crippen LogP) is 2.93. The largest absolute Gasteiger partial charge is 0.508 e. The summed E-state index contributed by atoms with van der Waals surface area (Å²) in [6.45, 7) is 5.93. The van der Waals surface area contributed by atoms with Crippen molar-refractivity contribution in [2.45, 2.75) is 56.1 Å². The standard InChI is InChI=1S/C23H30N2O2/c1-14(4-2-3-10-24)27-21-8-6-17-19-12-15-5-7-20(26)16-13-18(21)23(17,22(15)16)9-11-25-19/h5-8,17-19,21,25-26H,1-4,9-13,24H2/t17?,18?,19?,21-,23?/m0/s1. The third-order valence-electron chi connectivity index (χ3n) is 7.46. The molecule has 1 saturated heterocycles. The van der Waals surface area contributed by atoms with Crippen LogP contribution in [0.5, 0.6) is 5.75 Å². The Morgan fingerprint density at radius 1 is 1.30 bits per heavy atom. The lowest BCUT2D eigenvalue weighted by molar-refractivity contribution is 0.00732. The van der Waals surface area contributed by atoms with Crippen molar-refractivity contribution in [3.63, 3.8) is 0 Å². The molecule has 4 unspecified atom stereocenters. The first-order valence-electron chi connectivity index (χ1n) is 10.5. The van der Waals surface area contributed by atoms with Crippen LogP contribution in [-0.4, -0.2) is 30.3 Å². The van der Waals surface area contributed by atoms with Gasteiger partial charge in [0.25, 0.3) is 0 Å². The molecule has 0 aromatic heterocycles. The van der Waals surface area contributed by atoms with E-state index < -0.39 is 0 Å². The number of hydrogen-bond acceptors (Lipinski definition) is 4. The number of unbranched alkanes of at least 4 members (excludes halogenated alkanes) is 1. The highest BCUT2D eigenvalue weighted by Gasteiger charge is 2.61. The Labute approximate surface area is 161 Å². The number of piperidine rings is 1. The minimum atomic E-state index is 0.0446. The lowest BCUT2D eigenvalue weighted by atomic mass is 9.52. The van der Waals surface area contributed by atoms with Gasteiger partial charge in [0, 0.05) is 29.7 Å². The maximum atomic E-state index is 10.6. The monoisotopic (exact) mass is 366 g/mol. The van der Waals surface area contributed by atoms with Gasteiger partial charge in [0.1, 0.15) is 11.9 Å². The Bertz CT molecular complexity index is 802. The zero-order valence-corrected chi connectivity index (χ0v) is 15.9. The Kier molecular flexibility index (Phi) is 4.10. The van der Waals surface area contributed by atoms with Crippen LogP contribution in [-0.2, 0) is 23.0 Å². The van der Waals surface area contributed by atoms with E-state index in [9.17, 15) is 5.11 Å². The Morgan fingerprint density at radius 3 is 3.04 bits per heavy atom. The number of ether oxygens (including phenoxy) is 1. The summed E-state index contributed by atoms with van der Waals surface area (Å²) in [6, 6.07) is 4.54. The molecular weight excluding hydrogens is 336 g/mol. The summed E-state index contributed by atoms with van der Waals surface area (Å²) in [4.78, 5) is 0. The first-order chi connectivity index (χ1) is 13.1. The van der Waals surface area contributed by atoms with Crippen molar-refractivity contribution in [3.05, 3.63) is 53.3 Å². The van der Waals surface area contributed by atoms with Gasteiger partial charge >= 0.3 is 0 Å². The van der Waals surface area contributed by atoms with Gasteiger partial charge in [-0.2, -0.15) is 0 Å². The summed E-state index contributed by atoms with van der Waals surface area (Å²) < 4.78 is 6.40. The molecule has 3 aliphatic carbocycles. The molecule has 0 radical (unpaired) electrons. The predicted molar refractivity (Wildman–Crippen MR) is 107 cm³/mol. The number of benzene rings is 1. The number of hydrogen-bond donors (Lipinski definition) is 3. The zero-order chi connectivity index (χ0) is 18.6. The molecule has 144 valence electrons. The SMILES string of the molecule is C=C(CCCCN)O[C@H]1C=CC2C3Cc4ccc(O)c5c4C2(CCN3)C1C5. The van der Waals surface area contributed by atoms with Crippen molar-refractivity contribution >= 4 is 0 Å². The first-order valence-corrected chi connectivity index (χ1v) is 10.5. The van der Waals surface area contributed by atoms with Crippen molar-refractivity contribution in [2.75, 3.05) is 13.1 Å². The summed E-state index contributed by atoms with van der Waals surface area (Å²) in [7, 11) is 0. The Hall–Kier alpha value is -1.78. The van der Waals surface area contributed by atoms with Crippen LogP contribution in [0.3, 0.4) is 0 Å². The molecule has 1 aromatic carbocycles. The number of aromatic hydroxyl groups is 1. The van der Waals surface area contributed by atoms with Crippen molar-refractivity contribution in [1.29, 1.82) is 0 Å². The molecule has 5 rings (SSSR count). The quantitative estimate of drug-likeness (QED) is 0.411. The molecule has 1 fully saturated rings. The number of nitrogens with one attached hydrogen (secondary N) is 1. The van der Waals surface area contributed by atoms with Crippen LogP contribution < -0.4 is 11.1 Å². The second kappa shape index (κ2) is 6.39. The summed E-state index contributed by atoms with van der Waals surface area (Å²) >= 11 is 0. The number of nitrogens with two attached hydrogens (primary N) is 1. The minimum Gasteiger partial charge on any atom is -0.508 e. The fourth-order valence-electron chi connectivity index (χ4n) is 6.42. The van der Waals surface area contributed by atoms with E-state index >= 15 is 0 Å². The lowest BCUT2D eigenvalue weighted by Crippen LogP contribution is -2.62. The lowest BCUT2D eigenvalue weighted by Gasteiger charge is -2.56. The highest BCUT2D eigenvalue weighted by molar-refractivity contribution is 5.58.